The molecule has 1 amide bonds. The van der Waals surface area contributed by atoms with E-state index >= 15 is 0 Å². The summed E-state index contributed by atoms with van der Waals surface area (Å²) in [5.74, 6) is -0.980. The van der Waals surface area contributed by atoms with Gasteiger partial charge >= 0.3 is 0 Å². The smallest absolute Gasteiger partial charge is 0.254 e. The third-order valence-corrected chi connectivity index (χ3v) is 4.65. The molecule has 0 saturated carbocycles. The number of nitriles is 1. The van der Waals surface area contributed by atoms with Gasteiger partial charge in [0.1, 0.15) is 35.8 Å². The Hall–Kier alpha value is -3.73. The van der Waals surface area contributed by atoms with Crippen LogP contribution in [0.2, 0.25) is 0 Å². The molecular formula is C21H16F2N4O2. The Morgan fingerprint density at radius 2 is 2.03 bits per heavy atom. The van der Waals surface area contributed by atoms with Crippen molar-refractivity contribution in [2.75, 3.05) is 6.54 Å². The van der Waals surface area contributed by atoms with Gasteiger partial charge in [-0.15, -0.1) is 0 Å². The van der Waals surface area contributed by atoms with E-state index in [4.69, 9.17) is 10.00 Å². The fourth-order valence-electron chi connectivity index (χ4n) is 3.21. The summed E-state index contributed by atoms with van der Waals surface area (Å²) < 4.78 is 34.4. The SMILES string of the molecule is N#Cc1ccc(C(=O)N2CCn3nc(COc4cccc(F)c4)cc3C2)cc1F. The zero-order valence-corrected chi connectivity index (χ0v) is 15.3. The maximum absolute atomic E-state index is 13.8. The Kier molecular flexibility index (Phi) is 4.96. The van der Waals surface area contributed by atoms with Crippen LogP contribution in [0, 0.1) is 23.0 Å². The summed E-state index contributed by atoms with van der Waals surface area (Å²) in [6.07, 6.45) is 0. The van der Waals surface area contributed by atoms with Gasteiger partial charge in [-0.05, 0) is 36.4 Å². The summed E-state index contributed by atoms with van der Waals surface area (Å²) in [6.45, 7) is 1.44. The van der Waals surface area contributed by atoms with Gasteiger partial charge < -0.3 is 9.64 Å². The highest BCUT2D eigenvalue weighted by Gasteiger charge is 2.24. The minimum atomic E-state index is -0.711. The summed E-state index contributed by atoms with van der Waals surface area (Å²) in [7, 11) is 0. The first-order valence-electron chi connectivity index (χ1n) is 8.96. The molecule has 6 nitrogen and oxygen atoms in total. The molecule has 8 heteroatoms. The van der Waals surface area contributed by atoms with E-state index in [1.165, 1.54) is 24.3 Å². The molecule has 4 rings (SSSR count). The maximum Gasteiger partial charge on any atom is 0.254 e. The fraction of sp³-hybridized carbons (Fsp3) is 0.190. The van der Waals surface area contributed by atoms with Crippen molar-refractivity contribution in [3.63, 3.8) is 0 Å². The standard InChI is InChI=1S/C21H16F2N4O2/c22-16-2-1-3-19(9-16)29-13-17-10-18-12-26(6-7-27(18)25-17)21(28)14-4-5-15(11-24)20(23)8-14/h1-5,8-10H,6-7,12-13H2. The quantitative estimate of drug-likeness (QED) is 0.681. The van der Waals surface area contributed by atoms with E-state index in [1.807, 2.05) is 6.07 Å². The van der Waals surface area contributed by atoms with Crippen LogP contribution in [0.15, 0.2) is 48.5 Å². The predicted molar refractivity (Wildman–Crippen MR) is 98.8 cm³/mol. The normalized spacial score (nSPS) is 12.9. The second kappa shape index (κ2) is 7.72. The van der Waals surface area contributed by atoms with Gasteiger partial charge in [0.2, 0.25) is 0 Å². The van der Waals surface area contributed by atoms with Crippen molar-refractivity contribution in [2.45, 2.75) is 19.7 Å². The van der Waals surface area contributed by atoms with Gasteiger partial charge in [0.15, 0.2) is 0 Å². The molecule has 29 heavy (non-hydrogen) atoms. The molecular weight excluding hydrogens is 378 g/mol. The summed E-state index contributed by atoms with van der Waals surface area (Å²) in [5.41, 5.74) is 1.60. The van der Waals surface area contributed by atoms with Crippen LogP contribution in [-0.4, -0.2) is 27.1 Å². The predicted octanol–water partition coefficient (Wildman–Crippen LogP) is 3.27. The molecule has 0 atom stereocenters. The van der Waals surface area contributed by atoms with Gasteiger partial charge in [0.05, 0.1) is 24.3 Å². The number of fused-ring (bicyclic) bond motifs is 1. The van der Waals surface area contributed by atoms with E-state index in [0.29, 0.717) is 31.1 Å². The van der Waals surface area contributed by atoms with Crippen LogP contribution in [0.4, 0.5) is 8.78 Å². The van der Waals surface area contributed by atoms with Crippen LogP contribution in [-0.2, 0) is 19.7 Å². The average Bonchev–Trinajstić information content (AvgIpc) is 3.14. The van der Waals surface area contributed by atoms with E-state index in [2.05, 4.69) is 5.10 Å². The third-order valence-electron chi connectivity index (χ3n) is 4.65. The lowest BCUT2D eigenvalue weighted by Gasteiger charge is -2.27. The van der Waals surface area contributed by atoms with Crippen LogP contribution in [0.5, 0.6) is 5.75 Å². The van der Waals surface area contributed by atoms with Crippen LogP contribution in [0.1, 0.15) is 27.3 Å². The average molecular weight is 394 g/mol. The van der Waals surface area contributed by atoms with Crippen LogP contribution in [0.3, 0.4) is 0 Å². The number of aromatic nitrogens is 2. The molecule has 0 N–H and O–H groups in total. The fourth-order valence-corrected chi connectivity index (χ4v) is 3.21. The minimum absolute atomic E-state index is 0.0961. The lowest BCUT2D eigenvalue weighted by Crippen LogP contribution is -2.38. The highest BCUT2D eigenvalue weighted by atomic mass is 19.1. The highest BCUT2D eigenvalue weighted by Crippen LogP contribution is 2.19. The number of halogens is 2. The summed E-state index contributed by atoms with van der Waals surface area (Å²) in [6, 6.07) is 13.3. The van der Waals surface area contributed by atoms with Crippen molar-refractivity contribution >= 4 is 5.91 Å². The Balaban J connectivity index is 1.44. The molecule has 1 aliphatic heterocycles. The zero-order valence-electron chi connectivity index (χ0n) is 15.3. The molecule has 2 aromatic carbocycles. The summed E-state index contributed by atoms with van der Waals surface area (Å²) in [5, 5.41) is 13.3. The first-order valence-corrected chi connectivity index (χ1v) is 8.96. The molecule has 1 aliphatic rings. The number of carbonyl (C=O) groups is 1. The molecule has 0 fully saturated rings. The van der Waals surface area contributed by atoms with Crippen molar-refractivity contribution in [3.05, 3.63) is 82.7 Å². The Bertz CT molecular complexity index is 1120. The molecule has 0 aliphatic carbocycles. The summed E-state index contributed by atoms with van der Waals surface area (Å²) in [4.78, 5) is 14.3. The van der Waals surface area contributed by atoms with Crippen molar-refractivity contribution in [1.29, 1.82) is 5.26 Å². The van der Waals surface area contributed by atoms with E-state index < -0.39 is 5.82 Å². The van der Waals surface area contributed by atoms with Crippen molar-refractivity contribution in [3.8, 4) is 11.8 Å². The molecule has 0 radical (unpaired) electrons. The Morgan fingerprint density at radius 1 is 1.17 bits per heavy atom. The van der Waals surface area contributed by atoms with Crippen molar-refractivity contribution < 1.29 is 18.3 Å². The van der Waals surface area contributed by atoms with Gasteiger partial charge in [0, 0.05) is 18.2 Å². The monoisotopic (exact) mass is 394 g/mol. The molecule has 0 saturated heterocycles. The van der Waals surface area contributed by atoms with E-state index in [9.17, 15) is 13.6 Å². The van der Waals surface area contributed by atoms with Crippen LogP contribution < -0.4 is 4.74 Å². The van der Waals surface area contributed by atoms with Crippen LogP contribution in [0.25, 0.3) is 0 Å². The number of ether oxygens (including phenoxy) is 1. The molecule has 146 valence electrons. The number of amides is 1. The van der Waals surface area contributed by atoms with Gasteiger partial charge in [-0.1, -0.05) is 6.07 Å². The highest BCUT2D eigenvalue weighted by molar-refractivity contribution is 5.94. The van der Waals surface area contributed by atoms with Crippen molar-refractivity contribution in [2.24, 2.45) is 0 Å². The van der Waals surface area contributed by atoms with Gasteiger partial charge in [-0.2, -0.15) is 10.4 Å². The molecule has 0 bridgehead atoms. The van der Waals surface area contributed by atoms with E-state index in [-0.39, 0.29) is 29.5 Å². The number of hydrogen-bond donors (Lipinski definition) is 0. The minimum Gasteiger partial charge on any atom is -0.487 e. The third kappa shape index (κ3) is 3.94. The molecule has 0 unspecified atom stereocenters. The number of nitrogens with zero attached hydrogens (tertiary/aromatic N) is 4. The zero-order chi connectivity index (χ0) is 20.4. The van der Waals surface area contributed by atoms with Gasteiger partial charge in [-0.25, -0.2) is 8.78 Å². The second-order valence-electron chi connectivity index (χ2n) is 6.63. The molecule has 3 aromatic rings. The number of rotatable bonds is 4. The Labute approximate surface area is 165 Å². The lowest BCUT2D eigenvalue weighted by molar-refractivity contribution is 0.0705. The number of benzene rings is 2. The molecule has 2 heterocycles. The van der Waals surface area contributed by atoms with Gasteiger partial charge in [-0.3, -0.25) is 9.48 Å². The van der Waals surface area contributed by atoms with Crippen LogP contribution >= 0.6 is 0 Å². The van der Waals surface area contributed by atoms with E-state index in [1.54, 1.807) is 27.8 Å². The van der Waals surface area contributed by atoms with E-state index in [0.717, 1.165) is 11.8 Å². The first-order chi connectivity index (χ1) is 14.0. The second-order valence-corrected chi connectivity index (χ2v) is 6.63. The lowest BCUT2D eigenvalue weighted by atomic mass is 10.1. The topological polar surface area (TPSA) is 71.2 Å². The summed E-state index contributed by atoms with van der Waals surface area (Å²) >= 11 is 0. The number of carbonyl (C=O) groups excluding carboxylic acids is 1. The molecule has 1 aromatic heterocycles. The Morgan fingerprint density at radius 3 is 2.79 bits per heavy atom. The van der Waals surface area contributed by atoms with Crippen molar-refractivity contribution in [1.82, 2.24) is 14.7 Å². The van der Waals surface area contributed by atoms with Gasteiger partial charge in [0.25, 0.3) is 5.91 Å². The number of hydrogen-bond acceptors (Lipinski definition) is 4. The largest absolute Gasteiger partial charge is 0.487 e. The molecule has 0 spiro atoms. The maximum atomic E-state index is 13.8. The first kappa shape index (κ1) is 18.6.